The Morgan fingerprint density at radius 1 is 1.03 bits per heavy atom. The van der Waals surface area contributed by atoms with E-state index in [4.69, 9.17) is 21.7 Å². The van der Waals surface area contributed by atoms with Crippen molar-refractivity contribution < 1.29 is 14.3 Å². The lowest BCUT2D eigenvalue weighted by Crippen LogP contribution is -2.34. The molecule has 156 valence electrons. The van der Waals surface area contributed by atoms with Crippen LogP contribution in [0.5, 0.6) is 11.5 Å². The van der Waals surface area contributed by atoms with Crippen molar-refractivity contribution >= 4 is 28.9 Å². The molecule has 2 aromatic carbocycles. The minimum absolute atomic E-state index is 0.114. The van der Waals surface area contributed by atoms with Crippen molar-refractivity contribution in [2.45, 2.75) is 52.6 Å². The lowest BCUT2D eigenvalue weighted by Gasteiger charge is -2.14. The maximum Gasteiger partial charge on any atom is 0.261 e. The van der Waals surface area contributed by atoms with Gasteiger partial charge in [0.25, 0.3) is 5.91 Å². The zero-order valence-corrected chi connectivity index (χ0v) is 18.2. The number of ether oxygens (including phenoxy) is 2. The highest BCUT2D eigenvalue weighted by Gasteiger charge is 2.13. The molecule has 0 bridgehead atoms. The smallest absolute Gasteiger partial charge is 0.261 e. The minimum Gasteiger partial charge on any atom is -0.493 e. The molecular formula is C23H30N2O3S. The number of para-hydroxylation sites is 1. The summed E-state index contributed by atoms with van der Waals surface area (Å²) in [6.45, 7) is 6.72. The largest absolute Gasteiger partial charge is 0.493 e. The van der Waals surface area contributed by atoms with Crippen molar-refractivity contribution in [3.63, 3.8) is 0 Å². The Bertz CT molecular complexity index is 791. The zero-order chi connectivity index (χ0) is 21.1. The maximum absolute atomic E-state index is 12.6. The molecule has 2 rings (SSSR count). The average Bonchev–Trinajstić information content (AvgIpc) is 2.69. The van der Waals surface area contributed by atoms with Gasteiger partial charge in [-0.2, -0.15) is 0 Å². The third-order valence-corrected chi connectivity index (χ3v) is 4.30. The Kier molecular flexibility index (Phi) is 9.44. The van der Waals surface area contributed by atoms with Crippen LogP contribution in [0.2, 0.25) is 0 Å². The number of amides is 1. The summed E-state index contributed by atoms with van der Waals surface area (Å²) in [5, 5.41) is 5.95. The molecule has 0 radical (unpaired) electrons. The normalized spacial score (nSPS) is 10.5. The van der Waals surface area contributed by atoms with Crippen molar-refractivity contribution in [3.05, 3.63) is 54.1 Å². The molecule has 0 saturated heterocycles. The van der Waals surface area contributed by atoms with E-state index in [0.717, 1.165) is 24.3 Å². The topological polar surface area (TPSA) is 59.6 Å². The molecule has 0 unspecified atom stereocenters. The van der Waals surface area contributed by atoms with Crippen LogP contribution in [0.3, 0.4) is 0 Å². The van der Waals surface area contributed by atoms with Gasteiger partial charge in [-0.15, -0.1) is 0 Å². The van der Waals surface area contributed by atoms with Crippen LogP contribution >= 0.6 is 12.2 Å². The SMILES string of the molecule is CCCCCCOc1ccccc1C(=O)NC(=S)Nc1ccc(OC(C)C)cc1. The molecule has 0 aliphatic rings. The van der Waals surface area contributed by atoms with E-state index in [0.29, 0.717) is 17.9 Å². The number of rotatable bonds is 10. The summed E-state index contributed by atoms with van der Waals surface area (Å²) in [6.07, 6.45) is 4.58. The highest BCUT2D eigenvalue weighted by Crippen LogP contribution is 2.19. The van der Waals surface area contributed by atoms with Gasteiger partial charge in [-0.25, -0.2) is 0 Å². The third kappa shape index (κ3) is 8.11. The van der Waals surface area contributed by atoms with Gasteiger partial charge in [-0.05, 0) is 68.9 Å². The summed E-state index contributed by atoms with van der Waals surface area (Å²) in [5.74, 6) is 1.05. The summed E-state index contributed by atoms with van der Waals surface area (Å²) >= 11 is 5.28. The van der Waals surface area contributed by atoms with E-state index in [1.165, 1.54) is 12.8 Å². The highest BCUT2D eigenvalue weighted by atomic mass is 32.1. The summed E-state index contributed by atoms with van der Waals surface area (Å²) < 4.78 is 11.4. The molecule has 0 fully saturated rings. The maximum atomic E-state index is 12.6. The number of carbonyl (C=O) groups is 1. The van der Waals surface area contributed by atoms with Crippen LogP contribution in [0, 0.1) is 0 Å². The first kappa shape index (κ1) is 22.7. The predicted molar refractivity (Wildman–Crippen MR) is 122 cm³/mol. The standard InChI is InChI=1S/C23H30N2O3S/c1-4-5-6-9-16-27-21-11-8-7-10-20(21)22(26)25-23(29)24-18-12-14-19(15-13-18)28-17(2)3/h7-8,10-15,17H,4-6,9,16H2,1-3H3,(H2,24,25,26,29). The van der Waals surface area contributed by atoms with Crippen molar-refractivity contribution in [1.29, 1.82) is 0 Å². The van der Waals surface area contributed by atoms with E-state index in [1.54, 1.807) is 12.1 Å². The molecule has 0 saturated carbocycles. The van der Waals surface area contributed by atoms with Gasteiger partial charge in [-0.3, -0.25) is 10.1 Å². The van der Waals surface area contributed by atoms with Gasteiger partial charge in [0.15, 0.2) is 5.11 Å². The summed E-state index contributed by atoms with van der Waals surface area (Å²) in [7, 11) is 0. The number of thiocarbonyl (C=S) groups is 1. The van der Waals surface area contributed by atoms with Crippen molar-refractivity contribution in [2.75, 3.05) is 11.9 Å². The van der Waals surface area contributed by atoms with E-state index >= 15 is 0 Å². The Balaban J connectivity index is 1.90. The number of anilines is 1. The fourth-order valence-electron chi connectivity index (χ4n) is 2.71. The molecule has 0 aliphatic carbocycles. The van der Waals surface area contributed by atoms with E-state index in [2.05, 4.69) is 17.6 Å². The van der Waals surface area contributed by atoms with Gasteiger partial charge in [0, 0.05) is 5.69 Å². The quantitative estimate of drug-likeness (QED) is 0.394. The summed E-state index contributed by atoms with van der Waals surface area (Å²) in [6, 6.07) is 14.6. The van der Waals surface area contributed by atoms with Crippen molar-refractivity contribution in [2.24, 2.45) is 0 Å². The highest BCUT2D eigenvalue weighted by molar-refractivity contribution is 7.80. The molecular weight excluding hydrogens is 384 g/mol. The van der Waals surface area contributed by atoms with Gasteiger partial charge in [0.2, 0.25) is 0 Å². The number of benzene rings is 2. The number of carbonyl (C=O) groups excluding carboxylic acids is 1. The second kappa shape index (κ2) is 12.1. The monoisotopic (exact) mass is 414 g/mol. The first-order valence-corrected chi connectivity index (χ1v) is 10.5. The number of hydrogen-bond donors (Lipinski definition) is 2. The van der Waals surface area contributed by atoms with Crippen LogP contribution in [0.25, 0.3) is 0 Å². The van der Waals surface area contributed by atoms with Crippen LogP contribution in [0.4, 0.5) is 5.69 Å². The molecule has 0 aliphatic heterocycles. The van der Waals surface area contributed by atoms with Gasteiger partial charge in [0.05, 0.1) is 18.3 Å². The minimum atomic E-state index is -0.300. The zero-order valence-electron chi connectivity index (χ0n) is 17.4. The number of nitrogens with one attached hydrogen (secondary N) is 2. The van der Waals surface area contributed by atoms with Crippen LogP contribution < -0.4 is 20.1 Å². The van der Waals surface area contributed by atoms with Gasteiger partial charge in [-0.1, -0.05) is 38.3 Å². The van der Waals surface area contributed by atoms with E-state index in [-0.39, 0.29) is 17.1 Å². The first-order valence-electron chi connectivity index (χ1n) is 10.1. The molecule has 29 heavy (non-hydrogen) atoms. The molecule has 2 aromatic rings. The van der Waals surface area contributed by atoms with Gasteiger partial charge < -0.3 is 14.8 Å². The van der Waals surface area contributed by atoms with Gasteiger partial charge in [0.1, 0.15) is 11.5 Å². The second-order valence-electron chi connectivity index (χ2n) is 7.00. The first-order chi connectivity index (χ1) is 14.0. The van der Waals surface area contributed by atoms with Crippen LogP contribution in [0.15, 0.2) is 48.5 Å². The van der Waals surface area contributed by atoms with E-state index in [9.17, 15) is 4.79 Å². The Hall–Kier alpha value is -2.60. The molecule has 5 nitrogen and oxygen atoms in total. The fraction of sp³-hybridized carbons (Fsp3) is 0.391. The number of hydrogen-bond acceptors (Lipinski definition) is 4. The molecule has 1 amide bonds. The summed E-state index contributed by atoms with van der Waals surface area (Å²) in [4.78, 5) is 12.6. The van der Waals surface area contributed by atoms with Crippen molar-refractivity contribution in [1.82, 2.24) is 5.32 Å². The second-order valence-corrected chi connectivity index (χ2v) is 7.41. The number of unbranched alkanes of at least 4 members (excludes halogenated alkanes) is 3. The average molecular weight is 415 g/mol. The Labute approximate surface area is 178 Å². The van der Waals surface area contributed by atoms with Crippen molar-refractivity contribution in [3.8, 4) is 11.5 Å². The van der Waals surface area contributed by atoms with E-state index in [1.807, 2.05) is 50.2 Å². The summed E-state index contributed by atoms with van der Waals surface area (Å²) in [5.41, 5.74) is 1.24. The molecule has 0 atom stereocenters. The predicted octanol–water partition coefficient (Wildman–Crippen LogP) is 5.56. The lowest BCUT2D eigenvalue weighted by molar-refractivity contribution is 0.0973. The molecule has 0 spiro atoms. The van der Waals surface area contributed by atoms with E-state index < -0.39 is 0 Å². The van der Waals surface area contributed by atoms with Gasteiger partial charge >= 0.3 is 0 Å². The molecule has 0 heterocycles. The lowest BCUT2D eigenvalue weighted by atomic mass is 10.2. The Morgan fingerprint density at radius 2 is 1.76 bits per heavy atom. The van der Waals surface area contributed by atoms with Crippen LogP contribution in [-0.2, 0) is 0 Å². The molecule has 0 aromatic heterocycles. The molecule has 6 heteroatoms. The molecule has 2 N–H and O–H groups in total. The Morgan fingerprint density at radius 3 is 2.45 bits per heavy atom. The van der Waals surface area contributed by atoms with Crippen LogP contribution in [0.1, 0.15) is 56.8 Å². The fourth-order valence-corrected chi connectivity index (χ4v) is 2.92. The third-order valence-electron chi connectivity index (χ3n) is 4.10. The van der Waals surface area contributed by atoms with Crippen LogP contribution in [-0.4, -0.2) is 23.7 Å².